The van der Waals surface area contributed by atoms with Crippen molar-refractivity contribution in [2.75, 3.05) is 38.0 Å². The van der Waals surface area contributed by atoms with E-state index in [9.17, 15) is 0 Å². The molecule has 0 unspecified atom stereocenters. The molecule has 3 heteroatoms. The lowest BCUT2D eigenvalue weighted by Crippen LogP contribution is -2.22. The van der Waals surface area contributed by atoms with Gasteiger partial charge in [-0.05, 0) is 31.5 Å². The normalized spacial score (nSPS) is 12.3. The van der Waals surface area contributed by atoms with Crippen LogP contribution in [0.4, 0.5) is 11.4 Å². The molecule has 0 heterocycles. The van der Waals surface area contributed by atoms with E-state index in [1.807, 2.05) is 0 Å². The Morgan fingerprint density at radius 3 is 2.62 bits per heavy atom. The smallest absolute Gasteiger partial charge is 0.0661 e. The fourth-order valence-corrected chi connectivity index (χ4v) is 1.82. The van der Waals surface area contributed by atoms with Gasteiger partial charge >= 0.3 is 0 Å². The van der Waals surface area contributed by atoms with Gasteiger partial charge in [0.2, 0.25) is 0 Å². The van der Waals surface area contributed by atoms with Crippen molar-refractivity contribution < 1.29 is 4.74 Å². The van der Waals surface area contributed by atoms with Crippen LogP contribution in [0.15, 0.2) is 18.2 Å². The monoisotopic (exact) mass is 222 g/mol. The first-order chi connectivity index (χ1) is 7.56. The molecule has 1 rings (SSSR count). The number of ether oxygens (including phenoxy) is 1. The maximum absolute atomic E-state index is 5.12. The van der Waals surface area contributed by atoms with Gasteiger partial charge in [-0.2, -0.15) is 0 Å². The number of hydrogen-bond acceptors (Lipinski definition) is 3. The second kappa shape index (κ2) is 5.75. The summed E-state index contributed by atoms with van der Waals surface area (Å²) >= 11 is 0. The van der Waals surface area contributed by atoms with Crippen molar-refractivity contribution in [1.29, 1.82) is 0 Å². The van der Waals surface area contributed by atoms with Gasteiger partial charge in [-0.15, -0.1) is 0 Å². The molecule has 0 radical (unpaired) electrons. The van der Waals surface area contributed by atoms with Crippen molar-refractivity contribution in [2.24, 2.45) is 0 Å². The first-order valence-corrected chi connectivity index (χ1v) is 5.58. The van der Waals surface area contributed by atoms with Crippen LogP contribution in [0.3, 0.4) is 0 Å². The van der Waals surface area contributed by atoms with Crippen molar-refractivity contribution in [1.82, 2.24) is 0 Å². The Morgan fingerprint density at radius 2 is 2.06 bits per heavy atom. The lowest BCUT2D eigenvalue weighted by atomic mass is 10.1. The highest BCUT2D eigenvalue weighted by Crippen LogP contribution is 2.25. The summed E-state index contributed by atoms with van der Waals surface area (Å²) < 4.78 is 5.12. The summed E-state index contributed by atoms with van der Waals surface area (Å²) in [7, 11) is 5.84. The SMILES string of the molecule is COC[C@@H](C)Nc1cccc(N(C)C)c1C. The van der Waals surface area contributed by atoms with Crippen LogP contribution in [0.2, 0.25) is 0 Å². The predicted molar refractivity (Wildman–Crippen MR) is 70.5 cm³/mol. The van der Waals surface area contributed by atoms with Crippen LogP contribution in [0.1, 0.15) is 12.5 Å². The molecule has 0 spiro atoms. The number of rotatable bonds is 5. The maximum atomic E-state index is 5.12. The Hall–Kier alpha value is -1.22. The van der Waals surface area contributed by atoms with E-state index < -0.39 is 0 Å². The molecule has 0 aromatic heterocycles. The van der Waals surface area contributed by atoms with Crippen LogP contribution in [0, 0.1) is 6.92 Å². The largest absolute Gasteiger partial charge is 0.383 e. The Kier molecular flexibility index (Phi) is 4.62. The fourth-order valence-electron chi connectivity index (χ4n) is 1.82. The highest BCUT2D eigenvalue weighted by atomic mass is 16.5. The van der Waals surface area contributed by atoms with E-state index >= 15 is 0 Å². The number of nitrogens with zero attached hydrogens (tertiary/aromatic N) is 1. The Balaban J connectivity index is 2.84. The minimum absolute atomic E-state index is 0.320. The molecule has 3 nitrogen and oxygen atoms in total. The number of nitrogens with one attached hydrogen (secondary N) is 1. The van der Waals surface area contributed by atoms with Gasteiger partial charge in [0.15, 0.2) is 0 Å². The first-order valence-electron chi connectivity index (χ1n) is 5.58. The molecule has 0 aliphatic heterocycles. The summed E-state index contributed by atoms with van der Waals surface area (Å²) in [4.78, 5) is 2.13. The molecule has 0 aliphatic carbocycles. The molecule has 0 aliphatic rings. The fraction of sp³-hybridized carbons (Fsp3) is 0.538. The molecule has 1 atom stereocenters. The van der Waals surface area contributed by atoms with E-state index in [1.54, 1.807) is 7.11 Å². The summed E-state index contributed by atoms with van der Waals surface area (Å²) in [5.74, 6) is 0. The summed E-state index contributed by atoms with van der Waals surface area (Å²) in [5.41, 5.74) is 3.70. The highest BCUT2D eigenvalue weighted by molar-refractivity contribution is 5.65. The third kappa shape index (κ3) is 3.14. The average molecular weight is 222 g/mol. The molecule has 1 aromatic carbocycles. The molecule has 0 saturated heterocycles. The van der Waals surface area contributed by atoms with Crippen LogP contribution in [0.25, 0.3) is 0 Å². The Bertz CT molecular complexity index is 337. The lowest BCUT2D eigenvalue weighted by molar-refractivity contribution is 0.190. The zero-order chi connectivity index (χ0) is 12.1. The van der Waals surface area contributed by atoms with Crippen molar-refractivity contribution in [3.05, 3.63) is 23.8 Å². The number of hydrogen-bond donors (Lipinski definition) is 1. The molecule has 16 heavy (non-hydrogen) atoms. The second-order valence-corrected chi connectivity index (χ2v) is 4.34. The van der Waals surface area contributed by atoms with Crippen LogP contribution in [-0.2, 0) is 4.74 Å². The van der Waals surface area contributed by atoms with Crippen molar-refractivity contribution in [3.8, 4) is 0 Å². The van der Waals surface area contributed by atoms with Crippen LogP contribution in [-0.4, -0.2) is 33.9 Å². The predicted octanol–water partition coefficient (Wildman–Crippen LogP) is 2.51. The number of methoxy groups -OCH3 is 1. The molecular formula is C13H22N2O. The second-order valence-electron chi connectivity index (χ2n) is 4.34. The standard InChI is InChI=1S/C13H22N2O/c1-10(9-16-5)14-12-7-6-8-13(11(12)2)15(3)4/h6-8,10,14H,9H2,1-5H3/t10-/m1/s1. The lowest BCUT2D eigenvalue weighted by Gasteiger charge is -2.21. The molecule has 1 aromatic rings. The van der Waals surface area contributed by atoms with Gasteiger partial charge in [-0.3, -0.25) is 0 Å². The van der Waals surface area contributed by atoms with E-state index in [-0.39, 0.29) is 0 Å². The third-order valence-electron chi connectivity index (χ3n) is 2.61. The summed E-state index contributed by atoms with van der Waals surface area (Å²) in [6, 6.07) is 6.63. The van der Waals surface area contributed by atoms with Crippen LogP contribution in [0.5, 0.6) is 0 Å². The van der Waals surface area contributed by atoms with E-state index in [2.05, 4.69) is 56.4 Å². The van der Waals surface area contributed by atoms with Gasteiger partial charge in [0.25, 0.3) is 0 Å². The average Bonchev–Trinajstić information content (AvgIpc) is 2.21. The number of benzene rings is 1. The van der Waals surface area contributed by atoms with E-state index in [1.165, 1.54) is 16.9 Å². The van der Waals surface area contributed by atoms with E-state index in [4.69, 9.17) is 4.74 Å². The molecule has 1 N–H and O–H groups in total. The van der Waals surface area contributed by atoms with Crippen molar-refractivity contribution in [2.45, 2.75) is 19.9 Å². The molecule has 0 fully saturated rings. The first kappa shape index (κ1) is 12.8. The molecule has 0 amide bonds. The minimum atomic E-state index is 0.320. The zero-order valence-electron chi connectivity index (χ0n) is 10.9. The van der Waals surface area contributed by atoms with Gasteiger partial charge < -0.3 is 15.0 Å². The van der Waals surface area contributed by atoms with Gasteiger partial charge in [-0.25, -0.2) is 0 Å². The van der Waals surface area contributed by atoms with Gasteiger partial charge in [0.05, 0.1) is 6.61 Å². The molecule has 0 bridgehead atoms. The minimum Gasteiger partial charge on any atom is -0.383 e. The van der Waals surface area contributed by atoms with Gasteiger partial charge in [0, 0.05) is 38.6 Å². The summed E-state index contributed by atoms with van der Waals surface area (Å²) in [6.07, 6.45) is 0. The number of anilines is 2. The molecular weight excluding hydrogens is 200 g/mol. The van der Waals surface area contributed by atoms with E-state index in [0.717, 1.165) is 0 Å². The maximum Gasteiger partial charge on any atom is 0.0661 e. The van der Waals surface area contributed by atoms with Gasteiger partial charge in [-0.1, -0.05) is 6.07 Å². The Labute approximate surface area is 98.4 Å². The highest BCUT2D eigenvalue weighted by Gasteiger charge is 2.07. The zero-order valence-corrected chi connectivity index (χ0v) is 10.9. The molecule has 90 valence electrons. The van der Waals surface area contributed by atoms with E-state index in [0.29, 0.717) is 12.6 Å². The Morgan fingerprint density at radius 1 is 1.38 bits per heavy atom. The van der Waals surface area contributed by atoms with Crippen molar-refractivity contribution in [3.63, 3.8) is 0 Å². The summed E-state index contributed by atoms with van der Waals surface area (Å²) in [6.45, 7) is 4.97. The summed E-state index contributed by atoms with van der Waals surface area (Å²) in [5, 5.41) is 3.45. The van der Waals surface area contributed by atoms with Crippen molar-refractivity contribution >= 4 is 11.4 Å². The molecule has 0 saturated carbocycles. The van der Waals surface area contributed by atoms with Gasteiger partial charge in [0.1, 0.15) is 0 Å². The van der Waals surface area contributed by atoms with Crippen LogP contribution >= 0.6 is 0 Å². The van der Waals surface area contributed by atoms with Crippen LogP contribution < -0.4 is 10.2 Å². The quantitative estimate of drug-likeness (QED) is 0.828. The third-order valence-corrected chi connectivity index (χ3v) is 2.61. The topological polar surface area (TPSA) is 24.5 Å².